The van der Waals surface area contributed by atoms with E-state index in [4.69, 9.17) is 11.6 Å². The second-order valence-corrected chi connectivity index (χ2v) is 4.56. The summed E-state index contributed by atoms with van der Waals surface area (Å²) in [6.45, 7) is 7.83. The molecule has 0 spiro atoms. The average Bonchev–Trinajstić information content (AvgIpc) is 2.29. The van der Waals surface area contributed by atoms with Gasteiger partial charge >= 0.3 is 0 Å². The van der Waals surface area contributed by atoms with Crippen molar-refractivity contribution in [1.29, 1.82) is 0 Å². The smallest absolute Gasteiger partial charge is 0.161 e. The van der Waals surface area contributed by atoms with Crippen LogP contribution in [0.5, 0.6) is 0 Å². The second-order valence-electron chi connectivity index (χ2n) is 4.15. The number of hydrogen-bond donors (Lipinski definition) is 0. The first-order chi connectivity index (χ1) is 8.10. The van der Waals surface area contributed by atoms with Gasteiger partial charge in [0.05, 0.1) is 5.02 Å². The van der Waals surface area contributed by atoms with Crippen LogP contribution in [0.1, 0.15) is 51.4 Å². The van der Waals surface area contributed by atoms with E-state index in [2.05, 4.69) is 18.7 Å². The Hall–Kier alpha value is -1.02. The second kappa shape index (κ2) is 8.15. The number of nitrogens with zero attached hydrogens (tertiary/aromatic N) is 1. The van der Waals surface area contributed by atoms with Crippen LogP contribution in [0, 0.1) is 0 Å². The number of Topliss-reactive ketones (excluding diaryl/α,β-unsaturated/α-hetero) is 1. The molecule has 0 bridgehead atoms. The van der Waals surface area contributed by atoms with Gasteiger partial charge in [0.2, 0.25) is 0 Å². The summed E-state index contributed by atoms with van der Waals surface area (Å²) in [6.07, 6.45) is 2.34. The number of hydrogen-bond acceptors (Lipinski definition) is 2. The Morgan fingerprint density at radius 2 is 2.00 bits per heavy atom. The Balaban J connectivity index is 0.00000289. The predicted molar refractivity (Wildman–Crippen MR) is 81.0 cm³/mol. The van der Waals surface area contributed by atoms with Gasteiger partial charge in [0, 0.05) is 24.3 Å². The van der Waals surface area contributed by atoms with Gasteiger partial charge in [-0.25, -0.2) is 0 Å². The third-order valence-electron chi connectivity index (χ3n) is 2.86. The van der Waals surface area contributed by atoms with Crippen molar-refractivity contribution in [2.75, 3.05) is 18.0 Å². The van der Waals surface area contributed by atoms with Gasteiger partial charge in [-0.3, -0.25) is 4.79 Å². The Morgan fingerprint density at radius 1 is 1.33 bits per heavy atom. The number of halogens is 1. The minimum atomic E-state index is 0. The van der Waals surface area contributed by atoms with Crippen molar-refractivity contribution >= 4 is 23.1 Å². The molecule has 18 heavy (non-hydrogen) atoms. The highest BCUT2D eigenvalue weighted by Gasteiger charge is 2.09. The Kier molecular flexibility index (Phi) is 7.69. The first-order valence-corrected chi connectivity index (χ1v) is 6.53. The summed E-state index contributed by atoms with van der Waals surface area (Å²) in [4.78, 5) is 13.6. The molecule has 0 unspecified atom stereocenters. The summed E-state index contributed by atoms with van der Waals surface area (Å²) in [5, 5.41) is 0.546. The highest BCUT2D eigenvalue weighted by Crippen LogP contribution is 2.24. The van der Waals surface area contributed by atoms with Gasteiger partial charge in [0.25, 0.3) is 0 Å². The lowest BCUT2D eigenvalue weighted by molar-refractivity contribution is 0.101. The fraction of sp³-hybridized carbons (Fsp3) is 0.533. The van der Waals surface area contributed by atoms with Gasteiger partial charge in [-0.2, -0.15) is 0 Å². The molecule has 3 heteroatoms. The van der Waals surface area contributed by atoms with Crippen LogP contribution >= 0.6 is 11.6 Å². The summed E-state index contributed by atoms with van der Waals surface area (Å²) in [5.41, 5.74) is 1.69. The van der Waals surface area contributed by atoms with E-state index < -0.39 is 0 Å². The molecule has 0 aliphatic heterocycles. The van der Waals surface area contributed by atoms with Gasteiger partial charge in [0.1, 0.15) is 0 Å². The molecule has 0 saturated carbocycles. The Bertz CT molecular complexity index is 390. The fourth-order valence-corrected chi connectivity index (χ4v) is 2.11. The molecule has 0 heterocycles. The highest BCUT2D eigenvalue weighted by molar-refractivity contribution is 6.34. The molecule has 0 atom stereocenters. The fourth-order valence-electron chi connectivity index (χ4n) is 1.81. The van der Waals surface area contributed by atoms with Crippen LogP contribution in [0.3, 0.4) is 0 Å². The molecule has 2 nitrogen and oxygen atoms in total. The zero-order valence-electron chi connectivity index (χ0n) is 10.8. The molecule has 1 rings (SSSR count). The van der Waals surface area contributed by atoms with Crippen molar-refractivity contribution in [3.8, 4) is 0 Å². The lowest BCUT2D eigenvalue weighted by Gasteiger charge is -2.23. The van der Waals surface area contributed by atoms with Crippen molar-refractivity contribution in [2.24, 2.45) is 0 Å². The molecule has 0 amide bonds. The number of unbranched alkanes of at least 4 members (excludes halogenated alkanes) is 1. The molecular formula is C15H24ClNO. The molecule has 0 fully saturated rings. The Morgan fingerprint density at radius 3 is 2.44 bits per heavy atom. The van der Waals surface area contributed by atoms with Crippen LogP contribution in [0.15, 0.2) is 18.2 Å². The minimum absolute atomic E-state index is 0. The molecule has 0 saturated heterocycles. The van der Waals surface area contributed by atoms with E-state index in [0.29, 0.717) is 10.6 Å². The maximum Gasteiger partial charge on any atom is 0.161 e. The topological polar surface area (TPSA) is 20.3 Å². The molecule has 0 aromatic heterocycles. The van der Waals surface area contributed by atoms with Crippen molar-refractivity contribution in [3.05, 3.63) is 28.8 Å². The van der Waals surface area contributed by atoms with Gasteiger partial charge in [0.15, 0.2) is 5.78 Å². The SMILES string of the molecule is C.CCCCN(CC)c1ccc(C(C)=O)c(Cl)c1. The highest BCUT2D eigenvalue weighted by atomic mass is 35.5. The van der Waals surface area contributed by atoms with Gasteiger partial charge < -0.3 is 4.90 Å². The van der Waals surface area contributed by atoms with E-state index in [-0.39, 0.29) is 13.2 Å². The standard InChI is InChI=1S/C14H20ClNO.CH4/c1-4-6-9-16(5-2)12-7-8-13(11(3)17)14(15)10-12;/h7-8,10H,4-6,9H2,1-3H3;1H4. The summed E-state index contributed by atoms with van der Waals surface area (Å²) in [7, 11) is 0. The van der Waals surface area contributed by atoms with Crippen molar-refractivity contribution in [1.82, 2.24) is 0 Å². The van der Waals surface area contributed by atoms with Crippen LogP contribution in [-0.2, 0) is 0 Å². The lowest BCUT2D eigenvalue weighted by Crippen LogP contribution is -2.23. The summed E-state index contributed by atoms with van der Waals surface area (Å²) < 4.78 is 0. The first-order valence-electron chi connectivity index (χ1n) is 6.15. The lowest BCUT2D eigenvalue weighted by atomic mass is 10.1. The summed E-state index contributed by atoms with van der Waals surface area (Å²) >= 11 is 6.11. The monoisotopic (exact) mass is 269 g/mol. The number of benzene rings is 1. The summed E-state index contributed by atoms with van der Waals surface area (Å²) in [5.74, 6) is 0.0122. The van der Waals surface area contributed by atoms with Crippen LogP contribution in [0.25, 0.3) is 0 Å². The molecule has 0 aliphatic rings. The van der Waals surface area contributed by atoms with Gasteiger partial charge in [-0.1, -0.05) is 32.4 Å². The van der Waals surface area contributed by atoms with E-state index in [0.717, 1.165) is 18.8 Å². The van der Waals surface area contributed by atoms with E-state index in [9.17, 15) is 4.79 Å². The van der Waals surface area contributed by atoms with Crippen molar-refractivity contribution < 1.29 is 4.79 Å². The van der Waals surface area contributed by atoms with Crippen LogP contribution in [0.4, 0.5) is 5.69 Å². The number of anilines is 1. The minimum Gasteiger partial charge on any atom is -0.372 e. The van der Waals surface area contributed by atoms with Crippen LogP contribution in [0.2, 0.25) is 5.02 Å². The van der Waals surface area contributed by atoms with Crippen LogP contribution in [-0.4, -0.2) is 18.9 Å². The third-order valence-corrected chi connectivity index (χ3v) is 3.17. The molecule has 1 aromatic rings. The maximum absolute atomic E-state index is 11.3. The molecule has 0 N–H and O–H groups in total. The first kappa shape index (κ1) is 17.0. The van der Waals surface area contributed by atoms with Gasteiger partial charge in [-0.05, 0) is 38.5 Å². The quantitative estimate of drug-likeness (QED) is 0.691. The largest absolute Gasteiger partial charge is 0.372 e. The zero-order chi connectivity index (χ0) is 12.8. The molecule has 1 aromatic carbocycles. The van der Waals surface area contributed by atoms with Crippen LogP contribution < -0.4 is 4.90 Å². The number of carbonyl (C=O) groups excluding carboxylic acids is 1. The zero-order valence-corrected chi connectivity index (χ0v) is 11.5. The van der Waals surface area contributed by atoms with E-state index in [1.54, 1.807) is 0 Å². The normalized spacial score (nSPS) is 9.78. The van der Waals surface area contributed by atoms with E-state index in [1.807, 2.05) is 18.2 Å². The number of carbonyl (C=O) groups is 1. The summed E-state index contributed by atoms with van der Waals surface area (Å²) in [6, 6.07) is 5.67. The average molecular weight is 270 g/mol. The predicted octanol–water partition coefficient (Wildman–Crippen LogP) is 4.81. The third kappa shape index (κ3) is 4.34. The van der Waals surface area contributed by atoms with Gasteiger partial charge in [-0.15, -0.1) is 0 Å². The maximum atomic E-state index is 11.3. The molecule has 0 radical (unpaired) electrons. The number of rotatable bonds is 6. The Labute approximate surface area is 116 Å². The van der Waals surface area contributed by atoms with Crippen molar-refractivity contribution in [2.45, 2.75) is 41.0 Å². The molecule has 0 aliphatic carbocycles. The number of ketones is 1. The van der Waals surface area contributed by atoms with E-state index in [1.165, 1.54) is 19.8 Å². The van der Waals surface area contributed by atoms with E-state index >= 15 is 0 Å². The molecule has 102 valence electrons. The van der Waals surface area contributed by atoms with Crippen molar-refractivity contribution in [3.63, 3.8) is 0 Å². The molecular weight excluding hydrogens is 246 g/mol.